The summed E-state index contributed by atoms with van der Waals surface area (Å²) in [4.78, 5) is 29.5. The van der Waals surface area contributed by atoms with E-state index in [1.54, 1.807) is 12.3 Å². The van der Waals surface area contributed by atoms with Crippen LogP contribution in [0.2, 0.25) is 0 Å². The summed E-state index contributed by atoms with van der Waals surface area (Å²) in [5.74, 6) is 0.525. The van der Waals surface area contributed by atoms with Crippen LogP contribution < -0.4 is 5.32 Å². The van der Waals surface area contributed by atoms with Gasteiger partial charge in [0.25, 0.3) is 0 Å². The number of amides is 1. The standard InChI is InChI=1S/C16H18Br2N2O2/c1-14(2)15(3)6-7-16(14,11(18)12(15)21)13(22)20-10-5-4-9(17)8-19-10/h4-5,8,11H,6-7H2,1-3H3,(H,19,20,22). The molecule has 0 radical (unpaired) electrons. The molecule has 1 aromatic rings. The van der Waals surface area contributed by atoms with Crippen LogP contribution in [0.1, 0.15) is 33.6 Å². The Kier molecular flexibility index (Phi) is 3.57. The fourth-order valence-electron chi connectivity index (χ4n) is 4.13. The van der Waals surface area contributed by atoms with Gasteiger partial charge in [0.15, 0.2) is 5.78 Å². The number of aromatic nitrogens is 1. The van der Waals surface area contributed by atoms with Crippen molar-refractivity contribution >= 4 is 49.4 Å². The predicted octanol–water partition coefficient (Wildman–Crippen LogP) is 3.94. The number of alkyl halides is 1. The van der Waals surface area contributed by atoms with Crippen LogP contribution in [0.5, 0.6) is 0 Å². The molecule has 1 amide bonds. The Morgan fingerprint density at radius 3 is 2.50 bits per heavy atom. The molecule has 0 spiro atoms. The van der Waals surface area contributed by atoms with Gasteiger partial charge in [-0.05, 0) is 46.3 Å². The van der Waals surface area contributed by atoms with Crippen molar-refractivity contribution in [1.29, 1.82) is 0 Å². The number of anilines is 1. The highest BCUT2D eigenvalue weighted by atomic mass is 79.9. The molecule has 0 aromatic carbocycles. The number of nitrogens with zero attached hydrogens (tertiary/aromatic N) is 1. The van der Waals surface area contributed by atoms with Gasteiger partial charge in [-0.25, -0.2) is 4.98 Å². The highest BCUT2D eigenvalue weighted by molar-refractivity contribution is 9.10. The maximum atomic E-state index is 13.0. The smallest absolute Gasteiger partial charge is 0.233 e. The van der Waals surface area contributed by atoms with Crippen molar-refractivity contribution in [2.24, 2.45) is 16.2 Å². The summed E-state index contributed by atoms with van der Waals surface area (Å²) in [5, 5.41) is 2.90. The van der Waals surface area contributed by atoms with Crippen molar-refractivity contribution in [3.63, 3.8) is 0 Å². The minimum atomic E-state index is -0.729. The molecule has 3 rings (SSSR count). The summed E-state index contributed by atoms with van der Waals surface area (Å²) >= 11 is 6.84. The zero-order valence-corrected chi connectivity index (χ0v) is 15.9. The molecule has 2 saturated carbocycles. The van der Waals surface area contributed by atoms with Gasteiger partial charge in [0.2, 0.25) is 5.91 Å². The number of fused-ring (bicyclic) bond motifs is 2. The molecule has 2 bridgehead atoms. The van der Waals surface area contributed by atoms with E-state index in [0.29, 0.717) is 12.2 Å². The van der Waals surface area contributed by atoms with Gasteiger partial charge >= 0.3 is 0 Å². The van der Waals surface area contributed by atoms with E-state index in [9.17, 15) is 9.59 Å². The lowest BCUT2D eigenvalue weighted by atomic mass is 9.64. The normalized spacial score (nSPS) is 35.7. The number of halogens is 2. The minimum Gasteiger partial charge on any atom is -0.310 e. The zero-order chi connectivity index (χ0) is 16.3. The van der Waals surface area contributed by atoms with Crippen LogP contribution in [-0.4, -0.2) is 21.5 Å². The molecule has 0 saturated heterocycles. The van der Waals surface area contributed by atoms with Crippen LogP contribution in [-0.2, 0) is 9.59 Å². The molecule has 3 atom stereocenters. The molecule has 1 N–H and O–H groups in total. The number of ketones is 1. The molecule has 2 aliphatic carbocycles. The van der Waals surface area contributed by atoms with E-state index in [-0.39, 0.29) is 11.7 Å². The molecule has 2 aliphatic rings. The van der Waals surface area contributed by atoms with Gasteiger partial charge in [-0.1, -0.05) is 36.7 Å². The third-order valence-electron chi connectivity index (χ3n) is 6.09. The maximum Gasteiger partial charge on any atom is 0.233 e. The van der Waals surface area contributed by atoms with Crippen molar-refractivity contribution in [3.8, 4) is 0 Å². The van der Waals surface area contributed by atoms with Crippen molar-refractivity contribution in [2.75, 3.05) is 5.32 Å². The van der Waals surface area contributed by atoms with Crippen molar-refractivity contribution in [1.82, 2.24) is 4.98 Å². The van der Waals surface area contributed by atoms with Crippen LogP contribution in [0.4, 0.5) is 5.82 Å². The summed E-state index contributed by atoms with van der Waals surface area (Å²) in [6.07, 6.45) is 3.10. The fourth-order valence-corrected chi connectivity index (χ4v) is 5.88. The minimum absolute atomic E-state index is 0.122. The van der Waals surface area contributed by atoms with E-state index in [1.165, 1.54) is 0 Å². The van der Waals surface area contributed by atoms with Gasteiger partial charge in [0.05, 0.1) is 10.2 Å². The zero-order valence-electron chi connectivity index (χ0n) is 12.7. The van der Waals surface area contributed by atoms with E-state index >= 15 is 0 Å². The quantitative estimate of drug-likeness (QED) is 0.724. The number of pyridine rings is 1. The lowest BCUT2D eigenvalue weighted by Crippen LogP contribution is -2.48. The van der Waals surface area contributed by atoms with Crippen LogP contribution in [0.3, 0.4) is 0 Å². The van der Waals surface area contributed by atoms with Gasteiger partial charge in [-0.2, -0.15) is 0 Å². The van der Waals surface area contributed by atoms with Gasteiger partial charge < -0.3 is 5.32 Å². The molecular weight excluding hydrogens is 412 g/mol. The van der Waals surface area contributed by atoms with Crippen LogP contribution in [0.25, 0.3) is 0 Å². The average Bonchev–Trinajstić information content (AvgIpc) is 2.74. The van der Waals surface area contributed by atoms with Crippen LogP contribution in [0, 0.1) is 16.2 Å². The Balaban J connectivity index is 1.97. The highest BCUT2D eigenvalue weighted by Gasteiger charge is 2.76. The SMILES string of the molecule is CC12CCC(C(=O)Nc3ccc(Br)cn3)(C(Br)C1=O)C2(C)C. The van der Waals surface area contributed by atoms with Gasteiger partial charge in [0.1, 0.15) is 5.82 Å². The van der Waals surface area contributed by atoms with Crippen molar-refractivity contribution in [3.05, 3.63) is 22.8 Å². The molecule has 1 aromatic heterocycles. The molecule has 22 heavy (non-hydrogen) atoms. The summed E-state index contributed by atoms with van der Waals surface area (Å²) in [5.41, 5.74) is -1.58. The largest absolute Gasteiger partial charge is 0.310 e. The van der Waals surface area contributed by atoms with E-state index in [4.69, 9.17) is 0 Å². The second-order valence-corrected chi connectivity index (χ2v) is 8.80. The number of nitrogens with one attached hydrogen (secondary N) is 1. The topological polar surface area (TPSA) is 59.1 Å². The molecule has 1 heterocycles. The number of carbonyl (C=O) groups excluding carboxylic acids is 2. The number of hydrogen-bond acceptors (Lipinski definition) is 3. The molecule has 3 unspecified atom stereocenters. The highest BCUT2D eigenvalue weighted by Crippen LogP contribution is 2.72. The van der Waals surface area contributed by atoms with Gasteiger partial charge in [0, 0.05) is 16.1 Å². The fraction of sp³-hybridized carbons (Fsp3) is 0.562. The average molecular weight is 430 g/mol. The van der Waals surface area contributed by atoms with Crippen molar-refractivity contribution in [2.45, 2.75) is 38.4 Å². The van der Waals surface area contributed by atoms with E-state index in [2.05, 4.69) is 42.2 Å². The molecule has 2 fully saturated rings. The summed E-state index contributed by atoms with van der Waals surface area (Å²) in [7, 11) is 0. The molecule has 118 valence electrons. The van der Waals surface area contributed by atoms with E-state index in [0.717, 1.165) is 10.9 Å². The Morgan fingerprint density at radius 2 is 2.00 bits per heavy atom. The Bertz CT molecular complexity index is 659. The first kappa shape index (κ1) is 16.1. The second kappa shape index (κ2) is 4.87. The van der Waals surface area contributed by atoms with E-state index < -0.39 is 21.1 Å². The van der Waals surface area contributed by atoms with Crippen molar-refractivity contribution < 1.29 is 9.59 Å². The lowest BCUT2D eigenvalue weighted by Gasteiger charge is -2.39. The first-order chi connectivity index (χ1) is 10.2. The van der Waals surface area contributed by atoms with Crippen LogP contribution >= 0.6 is 31.9 Å². The number of carbonyl (C=O) groups is 2. The number of rotatable bonds is 2. The third-order valence-corrected chi connectivity index (χ3v) is 7.76. The molecule has 0 aliphatic heterocycles. The first-order valence-electron chi connectivity index (χ1n) is 7.28. The first-order valence-corrected chi connectivity index (χ1v) is 8.99. The predicted molar refractivity (Wildman–Crippen MR) is 91.8 cm³/mol. The maximum absolute atomic E-state index is 13.0. The second-order valence-electron chi connectivity index (χ2n) is 6.97. The Labute approximate surface area is 146 Å². The van der Waals surface area contributed by atoms with Gasteiger partial charge in [-0.15, -0.1) is 0 Å². The summed E-state index contributed by atoms with van der Waals surface area (Å²) in [6, 6.07) is 3.58. The Morgan fingerprint density at radius 1 is 1.32 bits per heavy atom. The number of Topliss-reactive ketones (excluding diaryl/α,β-unsaturated/α-hetero) is 1. The summed E-state index contributed by atoms with van der Waals surface area (Å²) < 4.78 is 0.854. The molecule has 4 nitrogen and oxygen atoms in total. The lowest BCUT2D eigenvalue weighted by molar-refractivity contribution is -0.130. The Hall–Kier alpha value is -0.750. The number of hydrogen-bond donors (Lipinski definition) is 1. The van der Waals surface area contributed by atoms with Crippen LogP contribution in [0.15, 0.2) is 22.8 Å². The molecule has 6 heteroatoms. The third kappa shape index (κ3) is 1.77. The summed E-state index contributed by atoms with van der Waals surface area (Å²) in [6.45, 7) is 6.06. The van der Waals surface area contributed by atoms with Gasteiger partial charge in [-0.3, -0.25) is 9.59 Å². The van der Waals surface area contributed by atoms with E-state index in [1.807, 2.05) is 26.8 Å². The monoisotopic (exact) mass is 428 g/mol. The molecular formula is C16H18Br2N2O2.